The molecule has 0 spiro atoms. The zero-order valence-corrected chi connectivity index (χ0v) is 10.4. The number of fused-ring (bicyclic) bond motifs is 1. The predicted octanol–water partition coefficient (Wildman–Crippen LogP) is 3.63. The van der Waals surface area contributed by atoms with E-state index in [0.29, 0.717) is 0 Å². The second-order valence-electron chi connectivity index (χ2n) is 5.12. The van der Waals surface area contributed by atoms with Gasteiger partial charge in [0.25, 0.3) is 0 Å². The summed E-state index contributed by atoms with van der Waals surface area (Å²) in [5, 5.41) is 3.63. The van der Waals surface area contributed by atoms with Crippen molar-refractivity contribution in [2.24, 2.45) is 0 Å². The van der Waals surface area contributed by atoms with E-state index in [1.807, 2.05) is 0 Å². The fourth-order valence-electron chi connectivity index (χ4n) is 2.53. The monoisotopic (exact) mass is 225 g/mol. The Balaban J connectivity index is 1.76. The van der Waals surface area contributed by atoms with Gasteiger partial charge < -0.3 is 5.32 Å². The molecule has 2 aliphatic rings. The molecule has 0 atom stereocenters. The number of benzene rings is 1. The van der Waals surface area contributed by atoms with Crippen LogP contribution in [0.5, 0.6) is 0 Å². The molecule has 0 aromatic heterocycles. The molecule has 0 unspecified atom stereocenters. The third kappa shape index (κ3) is 2.07. The van der Waals surface area contributed by atoms with Crippen LogP contribution in [0.3, 0.4) is 0 Å². The van der Waals surface area contributed by atoms with E-state index in [0.717, 1.165) is 12.6 Å². The summed E-state index contributed by atoms with van der Waals surface area (Å²) in [5.41, 5.74) is 5.61. The molecule has 0 amide bonds. The van der Waals surface area contributed by atoms with Gasteiger partial charge >= 0.3 is 0 Å². The second-order valence-corrected chi connectivity index (χ2v) is 5.12. The first-order chi connectivity index (χ1) is 8.34. The van der Waals surface area contributed by atoms with Gasteiger partial charge in [-0.1, -0.05) is 48.4 Å². The van der Waals surface area contributed by atoms with Crippen LogP contribution in [0.1, 0.15) is 37.3 Å². The number of hydrogen-bond donors (Lipinski definition) is 1. The van der Waals surface area contributed by atoms with E-state index in [2.05, 4.69) is 48.7 Å². The van der Waals surface area contributed by atoms with Crippen molar-refractivity contribution in [2.75, 3.05) is 6.54 Å². The van der Waals surface area contributed by atoms with Crippen molar-refractivity contribution in [3.8, 4) is 0 Å². The Kier molecular flexibility index (Phi) is 2.86. The van der Waals surface area contributed by atoms with Gasteiger partial charge in [0.1, 0.15) is 0 Å². The first-order valence-corrected chi connectivity index (χ1v) is 6.55. The topological polar surface area (TPSA) is 12.0 Å². The van der Waals surface area contributed by atoms with Gasteiger partial charge in [0.2, 0.25) is 0 Å². The van der Waals surface area contributed by atoms with Crippen LogP contribution in [0.2, 0.25) is 0 Å². The van der Waals surface area contributed by atoms with Gasteiger partial charge in [-0.15, -0.1) is 0 Å². The van der Waals surface area contributed by atoms with Crippen molar-refractivity contribution in [3.63, 3.8) is 0 Å². The molecule has 0 bridgehead atoms. The average Bonchev–Trinajstić information content (AvgIpc) is 2.70. The Bertz CT molecular complexity index is 478. The van der Waals surface area contributed by atoms with Crippen LogP contribution in [0, 0.1) is 0 Å². The van der Waals surface area contributed by atoms with Gasteiger partial charge in [0.15, 0.2) is 0 Å². The molecule has 2 aliphatic carbocycles. The summed E-state index contributed by atoms with van der Waals surface area (Å²) in [7, 11) is 0. The van der Waals surface area contributed by atoms with Crippen molar-refractivity contribution < 1.29 is 0 Å². The lowest BCUT2D eigenvalue weighted by Gasteiger charge is -2.27. The molecule has 1 nitrogen and oxygen atoms in total. The first-order valence-electron chi connectivity index (χ1n) is 6.55. The highest BCUT2D eigenvalue weighted by Crippen LogP contribution is 2.31. The van der Waals surface area contributed by atoms with Gasteiger partial charge in [-0.2, -0.15) is 0 Å². The molecule has 0 aliphatic heterocycles. The van der Waals surface area contributed by atoms with E-state index in [1.54, 1.807) is 0 Å². The smallest absolute Gasteiger partial charge is 0.0173 e. The lowest BCUT2D eigenvalue weighted by atomic mass is 9.92. The number of hydrogen-bond acceptors (Lipinski definition) is 1. The quantitative estimate of drug-likeness (QED) is 0.828. The zero-order valence-electron chi connectivity index (χ0n) is 10.4. The summed E-state index contributed by atoms with van der Waals surface area (Å²) >= 11 is 0. The first kappa shape index (κ1) is 10.8. The van der Waals surface area contributed by atoms with E-state index in [1.165, 1.54) is 41.5 Å². The summed E-state index contributed by atoms with van der Waals surface area (Å²) in [6.45, 7) is 3.27. The predicted molar refractivity (Wildman–Crippen MR) is 73.7 cm³/mol. The normalized spacial score (nSPS) is 21.2. The van der Waals surface area contributed by atoms with Crippen LogP contribution >= 0.6 is 0 Å². The van der Waals surface area contributed by atoms with E-state index in [-0.39, 0.29) is 0 Å². The van der Waals surface area contributed by atoms with Gasteiger partial charge in [-0.25, -0.2) is 0 Å². The Morgan fingerprint density at radius 2 is 2.06 bits per heavy atom. The molecular formula is C16H19N. The molecule has 88 valence electrons. The van der Waals surface area contributed by atoms with Gasteiger partial charge in [0, 0.05) is 12.6 Å². The molecule has 0 saturated heterocycles. The summed E-state index contributed by atoms with van der Waals surface area (Å²) in [6, 6.07) is 9.40. The minimum Gasteiger partial charge on any atom is -0.310 e. The minimum atomic E-state index is 0.770. The lowest BCUT2D eigenvalue weighted by molar-refractivity contribution is 0.349. The van der Waals surface area contributed by atoms with E-state index < -0.39 is 0 Å². The Labute approximate surface area is 103 Å². The maximum atomic E-state index is 3.63. The van der Waals surface area contributed by atoms with Crippen LogP contribution in [0.4, 0.5) is 0 Å². The largest absolute Gasteiger partial charge is 0.310 e. The fourth-order valence-corrected chi connectivity index (χ4v) is 2.53. The maximum Gasteiger partial charge on any atom is 0.0173 e. The van der Waals surface area contributed by atoms with Crippen molar-refractivity contribution in [3.05, 3.63) is 47.0 Å². The van der Waals surface area contributed by atoms with Crippen LogP contribution in [-0.2, 0) is 0 Å². The van der Waals surface area contributed by atoms with Crippen LogP contribution in [0.15, 0.2) is 35.9 Å². The number of rotatable bonds is 3. The summed E-state index contributed by atoms with van der Waals surface area (Å²) in [4.78, 5) is 0. The van der Waals surface area contributed by atoms with E-state index in [9.17, 15) is 0 Å². The molecule has 0 heterocycles. The van der Waals surface area contributed by atoms with Crippen LogP contribution < -0.4 is 5.32 Å². The molecule has 3 rings (SSSR count). The summed E-state index contributed by atoms with van der Waals surface area (Å²) in [6.07, 6.45) is 8.58. The maximum absolute atomic E-state index is 3.63. The molecule has 1 fully saturated rings. The van der Waals surface area contributed by atoms with Crippen molar-refractivity contribution in [1.29, 1.82) is 0 Å². The standard InChI is InChI=1S/C16H19N/c1-12(11-17-14-6-4-7-14)15-10-9-13-5-2-3-8-16(13)15/h2-3,5,8-10,14,17H,4,6-7,11H2,1H3/b15-12+. The van der Waals surface area contributed by atoms with E-state index >= 15 is 0 Å². The highest BCUT2D eigenvalue weighted by Gasteiger charge is 2.17. The average molecular weight is 225 g/mol. The Hall–Kier alpha value is -1.34. The third-order valence-corrected chi connectivity index (χ3v) is 3.90. The minimum absolute atomic E-state index is 0.770. The lowest BCUT2D eigenvalue weighted by Crippen LogP contribution is -2.36. The van der Waals surface area contributed by atoms with Gasteiger partial charge in [-0.3, -0.25) is 0 Å². The van der Waals surface area contributed by atoms with Crippen LogP contribution in [0.25, 0.3) is 11.6 Å². The van der Waals surface area contributed by atoms with E-state index in [4.69, 9.17) is 0 Å². The molecule has 1 saturated carbocycles. The number of nitrogens with one attached hydrogen (secondary N) is 1. The molecule has 1 aromatic rings. The highest BCUT2D eigenvalue weighted by molar-refractivity contribution is 5.91. The highest BCUT2D eigenvalue weighted by atomic mass is 14.9. The SMILES string of the molecule is C/C(CNC1CCC1)=C1/C=Cc2ccccc21. The van der Waals surface area contributed by atoms with Crippen molar-refractivity contribution in [1.82, 2.24) is 5.32 Å². The summed E-state index contributed by atoms with van der Waals surface area (Å²) < 4.78 is 0. The molecule has 1 aromatic carbocycles. The Morgan fingerprint density at radius 3 is 2.82 bits per heavy atom. The Morgan fingerprint density at radius 1 is 1.24 bits per heavy atom. The van der Waals surface area contributed by atoms with Crippen LogP contribution in [-0.4, -0.2) is 12.6 Å². The van der Waals surface area contributed by atoms with Gasteiger partial charge in [0.05, 0.1) is 0 Å². The molecule has 1 heteroatoms. The van der Waals surface area contributed by atoms with Crippen molar-refractivity contribution >= 4 is 11.6 Å². The van der Waals surface area contributed by atoms with Gasteiger partial charge in [-0.05, 0) is 36.5 Å². The number of allylic oxidation sites excluding steroid dienone is 2. The molecular weight excluding hydrogens is 206 g/mol. The third-order valence-electron chi connectivity index (χ3n) is 3.90. The molecule has 17 heavy (non-hydrogen) atoms. The molecule has 1 N–H and O–H groups in total. The second kappa shape index (κ2) is 4.50. The summed E-state index contributed by atoms with van der Waals surface area (Å²) in [5.74, 6) is 0. The fraction of sp³-hybridized carbons (Fsp3) is 0.375. The molecule has 0 radical (unpaired) electrons. The van der Waals surface area contributed by atoms with Crippen molar-refractivity contribution in [2.45, 2.75) is 32.2 Å². The zero-order chi connectivity index (χ0) is 11.7.